The third kappa shape index (κ3) is 3.72. The van der Waals surface area contributed by atoms with Crippen molar-refractivity contribution in [2.45, 2.75) is 25.9 Å². The van der Waals surface area contributed by atoms with E-state index in [0.717, 1.165) is 25.3 Å². The molecule has 2 unspecified atom stereocenters. The predicted molar refractivity (Wildman–Crippen MR) is 74.3 cm³/mol. The standard InChI is InChI=1S/C13H20N2O3.ClH/c1-9-5-10(6-14)7-15(9)8-11-3-4-12(18-11)13(16)17-2;/h3-4,9-10H,5-8,14H2,1-2H3;1H. The Balaban J connectivity index is 0.00000180. The third-order valence-corrected chi connectivity index (χ3v) is 3.53. The number of halogens is 1. The minimum Gasteiger partial charge on any atom is -0.463 e. The van der Waals surface area contributed by atoms with Gasteiger partial charge in [0.1, 0.15) is 5.76 Å². The van der Waals surface area contributed by atoms with Crippen LogP contribution >= 0.6 is 12.4 Å². The first-order valence-corrected chi connectivity index (χ1v) is 6.25. The highest BCUT2D eigenvalue weighted by atomic mass is 35.5. The maximum Gasteiger partial charge on any atom is 0.373 e. The van der Waals surface area contributed by atoms with Gasteiger partial charge in [-0.2, -0.15) is 0 Å². The van der Waals surface area contributed by atoms with Crippen molar-refractivity contribution < 1.29 is 13.9 Å². The number of nitrogens with zero attached hydrogens (tertiary/aromatic N) is 1. The second-order valence-electron chi connectivity index (χ2n) is 4.87. The molecular weight excluding hydrogens is 268 g/mol. The van der Waals surface area contributed by atoms with Gasteiger partial charge in [0.25, 0.3) is 0 Å². The molecule has 0 amide bonds. The number of hydrogen-bond acceptors (Lipinski definition) is 5. The molecule has 0 aromatic carbocycles. The van der Waals surface area contributed by atoms with Gasteiger partial charge in [-0.25, -0.2) is 4.79 Å². The van der Waals surface area contributed by atoms with E-state index in [9.17, 15) is 4.79 Å². The minimum absolute atomic E-state index is 0. The number of methoxy groups -OCH3 is 1. The maximum absolute atomic E-state index is 11.3. The normalized spacial score (nSPS) is 23.1. The number of carbonyl (C=O) groups excluding carboxylic acids is 1. The Morgan fingerprint density at radius 3 is 2.89 bits per heavy atom. The van der Waals surface area contributed by atoms with Crippen molar-refractivity contribution in [2.75, 3.05) is 20.2 Å². The van der Waals surface area contributed by atoms with Crippen molar-refractivity contribution in [2.24, 2.45) is 11.7 Å². The van der Waals surface area contributed by atoms with Gasteiger partial charge >= 0.3 is 5.97 Å². The Morgan fingerprint density at radius 1 is 1.58 bits per heavy atom. The highest BCUT2D eigenvalue weighted by Gasteiger charge is 2.28. The van der Waals surface area contributed by atoms with Crippen LogP contribution in [0.2, 0.25) is 0 Å². The summed E-state index contributed by atoms with van der Waals surface area (Å²) in [6, 6.07) is 3.99. The largest absolute Gasteiger partial charge is 0.463 e. The molecule has 2 N–H and O–H groups in total. The highest BCUT2D eigenvalue weighted by Crippen LogP contribution is 2.24. The zero-order chi connectivity index (χ0) is 13.1. The molecule has 1 saturated heterocycles. The number of rotatable bonds is 4. The van der Waals surface area contributed by atoms with Gasteiger partial charge in [0.15, 0.2) is 0 Å². The lowest BCUT2D eigenvalue weighted by Crippen LogP contribution is -2.27. The predicted octanol–water partition coefficient (Wildman–Crippen LogP) is 1.66. The van der Waals surface area contributed by atoms with E-state index in [1.807, 2.05) is 6.07 Å². The SMILES string of the molecule is COC(=O)c1ccc(CN2CC(CN)CC2C)o1.Cl. The third-order valence-electron chi connectivity index (χ3n) is 3.53. The van der Waals surface area contributed by atoms with Gasteiger partial charge in [-0.1, -0.05) is 0 Å². The highest BCUT2D eigenvalue weighted by molar-refractivity contribution is 5.86. The van der Waals surface area contributed by atoms with Crippen LogP contribution in [0, 0.1) is 5.92 Å². The van der Waals surface area contributed by atoms with Crippen LogP contribution in [-0.2, 0) is 11.3 Å². The number of furan rings is 1. The van der Waals surface area contributed by atoms with Crippen LogP contribution in [0.4, 0.5) is 0 Å². The number of carbonyl (C=O) groups is 1. The van der Waals surface area contributed by atoms with Crippen molar-refractivity contribution in [1.29, 1.82) is 0 Å². The second-order valence-corrected chi connectivity index (χ2v) is 4.87. The molecule has 0 aliphatic carbocycles. The summed E-state index contributed by atoms with van der Waals surface area (Å²) in [5.74, 6) is 1.18. The first-order chi connectivity index (χ1) is 8.63. The topological polar surface area (TPSA) is 68.7 Å². The fraction of sp³-hybridized carbons (Fsp3) is 0.615. The molecule has 2 heterocycles. The summed E-state index contributed by atoms with van der Waals surface area (Å²) < 4.78 is 10.1. The molecule has 1 aliphatic rings. The Bertz CT molecular complexity index is 422. The molecule has 0 radical (unpaired) electrons. The van der Waals surface area contributed by atoms with E-state index in [-0.39, 0.29) is 18.2 Å². The Morgan fingerprint density at radius 2 is 2.32 bits per heavy atom. The molecule has 1 fully saturated rings. The number of likely N-dealkylation sites (tertiary alicyclic amines) is 1. The van der Waals surface area contributed by atoms with Crippen LogP contribution in [0.5, 0.6) is 0 Å². The molecule has 5 nitrogen and oxygen atoms in total. The lowest BCUT2D eigenvalue weighted by atomic mass is 10.1. The number of nitrogens with two attached hydrogens (primary N) is 1. The summed E-state index contributed by atoms with van der Waals surface area (Å²) in [6.07, 6.45) is 1.13. The average molecular weight is 289 g/mol. The molecule has 1 aromatic rings. The summed E-state index contributed by atoms with van der Waals surface area (Å²) in [7, 11) is 1.35. The van der Waals surface area contributed by atoms with Gasteiger partial charge in [-0.3, -0.25) is 4.90 Å². The first-order valence-electron chi connectivity index (χ1n) is 6.25. The van der Waals surface area contributed by atoms with E-state index in [4.69, 9.17) is 10.2 Å². The van der Waals surface area contributed by atoms with Crippen molar-refractivity contribution in [1.82, 2.24) is 4.90 Å². The molecule has 19 heavy (non-hydrogen) atoms. The monoisotopic (exact) mass is 288 g/mol. The van der Waals surface area contributed by atoms with E-state index in [2.05, 4.69) is 16.6 Å². The van der Waals surface area contributed by atoms with E-state index in [1.165, 1.54) is 7.11 Å². The molecule has 0 bridgehead atoms. The summed E-state index contributed by atoms with van der Waals surface area (Å²) in [6.45, 7) is 4.63. The van der Waals surface area contributed by atoms with Crippen LogP contribution in [0.15, 0.2) is 16.5 Å². The number of hydrogen-bond donors (Lipinski definition) is 1. The summed E-state index contributed by atoms with van der Waals surface area (Å²) >= 11 is 0. The van der Waals surface area contributed by atoms with Crippen LogP contribution in [0.3, 0.4) is 0 Å². The van der Waals surface area contributed by atoms with E-state index in [0.29, 0.717) is 18.5 Å². The summed E-state index contributed by atoms with van der Waals surface area (Å²) in [4.78, 5) is 13.6. The molecular formula is C13H21ClN2O3. The first kappa shape index (κ1) is 16.0. The molecule has 1 aliphatic heterocycles. The lowest BCUT2D eigenvalue weighted by molar-refractivity contribution is 0.0561. The zero-order valence-corrected chi connectivity index (χ0v) is 12.1. The Kier molecular flexibility index (Phi) is 5.85. The van der Waals surface area contributed by atoms with Crippen molar-refractivity contribution in [3.8, 4) is 0 Å². The van der Waals surface area contributed by atoms with Crippen molar-refractivity contribution in [3.63, 3.8) is 0 Å². The number of ether oxygens (including phenoxy) is 1. The Hall–Kier alpha value is -1.04. The lowest BCUT2D eigenvalue weighted by Gasteiger charge is -2.19. The van der Waals surface area contributed by atoms with Crippen LogP contribution in [0.25, 0.3) is 0 Å². The van der Waals surface area contributed by atoms with Gasteiger partial charge in [0.05, 0.1) is 13.7 Å². The summed E-state index contributed by atoms with van der Waals surface area (Å²) in [5.41, 5.74) is 5.70. The maximum atomic E-state index is 11.3. The molecule has 0 saturated carbocycles. The van der Waals surface area contributed by atoms with Crippen molar-refractivity contribution >= 4 is 18.4 Å². The van der Waals surface area contributed by atoms with Crippen LogP contribution in [-0.4, -0.2) is 37.1 Å². The smallest absolute Gasteiger partial charge is 0.373 e. The molecule has 0 spiro atoms. The van der Waals surface area contributed by atoms with Gasteiger partial charge in [-0.15, -0.1) is 12.4 Å². The molecule has 1 aromatic heterocycles. The molecule has 2 rings (SSSR count). The van der Waals surface area contributed by atoms with Crippen LogP contribution < -0.4 is 5.73 Å². The number of esters is 1. The minimum atomic E-state index is -0.435. The van der Waals surface area contributed by atoms with E-state index >= 15 is 0 Å². The fourth-order valence-electron chi connectivity index (χ4n) is 2.48. The molecule has 6 heteroatoms. The summed E-state index contributed by atoms with van der Waals surface area (Å²) in [5, 5.41) is 0. The fourth-order valence-corrected chi connectivity index (χ4v) is 2.48. The Labute approximate surface area is 119 Å². The van der Waals surface area contributed by atoms with Gasteiger partial charge in [0.2, 0.25) is 5.76 Å². The van der Waals surface area contributed by atoms with Gasteiger partial charge < -0.3 is 14.9 Å². The second kappa shape index (κ2) is 6.93. The molecule has 108 valence electrons. The molecule has 2 atom stereocenters. The zero-order valence-electron chi connectivity index (χ0n) is 11.3. The average Bonchev–Trinajstić information content (AvgIpc) is 2.97. The van der Waals surface area contributed by atoms with Crippen molar-refractivity contribution in [3.05, 3.63) is 23.7 Å². The van der Waals surface area contributed by atoms with Gasteiger partial charge in [-0.05, 0) is 37.9 Å². The van der Waals surface area contributed by atoms with E-state index < -0.39 is 5.97 Å². The van der Waals surface area contributed by atoms with Crippen LogP contribution in [0.1, 0.15) is 29.7 Å². The van der Waals surface area contributed by atoms with Gasteiger partial charge in [0, 0.05) is 12.6 Å². The quantitative estimate of drug-likeness (QED) is 0.853. The van der Waals surface area contributed by atoms with E-state index in [1.54, 1.807) is 6.07 Å².